The summed E-state index contributed by atoms with van der Waals surface area (Å²) < 4.78 is 0. The Morgan fingerprint density at radius 1 is 1.19 bits per heavy atom. The molecule has 2 saturated carbocycles. The summed E-state index contributed by atoms with van der Waals surface area (Å²) in [6.07, 6.45) is 6.59. The van der Waals surface area contributed by atoms with Gasteiger partial charge in [-0.2, -0.15) is 0 Å². The van der Waals surface area contributed by atoms with E-state index in [0.717, 1.165) is 30.8 Å². The molecule has 3 fully saturated rings. The van der Waals surface area contributed by atoms with Crippen molar-refractivity contribution < 1.29 is 4.79 Å². The topological polar surface area (TPSA) is 20.3 Å². The summed E-state index contributed by atoms with van der Waals surface area (Å²) in [5, 5.41) is 0. The summed E-state index contributed by atoms with van der Waals surface area (Å²) in [5.41, 5.74) is 0. The Balaban J connectivity index is 1.73. The lowest BCUT2D eigenvalue weighted by Gasteiger charge is -2.43. The molecule has 0 amide bonds. The van der Waals surface area contributed by atoms with E-state index in [-0.39, 0.29) is 5.92 Å². The zero-order valence-electron chi connectivity index (χ0n) is 10.5. The van der Waals surface area contributed by atoms with E-state index in [1.54, 1.807) is 0 Å². The third kappa shape index (κ3) is 1.54. The largest absolute Gasteiger partial charge is 0.299 e. The van der Waals surface area contributed by atoms with Gasteiger partial charge in [-0.1, -0.05) is 13.3 Å². The summed E-state index contributed by atoms with van der Waals surface area (Å²) in [6, 6.07) is 1.29. The summed E-state index contributed by atoms with van der Waals surface area (Å²) >= 11 is 0. The first-order chi connectivity index (χ1) is 7.66. The van der Waals surface area contributed by atoms with E-state index in [4.69, 9.17) is 0 Å². The van der Waals surface area contributed by atoms with Crippen molar-refractivity contribution in [1.82, 2.24) is 4.90 Å². The number of likely N-dealkylation sites (tertiary alicyclic amines) is 1. The van der Waals surface area contributed by atoms with E-state index in [1.807, 2.05) is 0 Å². The molecule has 2 aliphatic carbocycles. The summed E-state index contributed by atoms with van der Waals surface area (Å²) in [7, 11) is 0. The molecule has 0 aromatic heterocycles. The van der Waals surface area contributed by atoms with Crippen molar-refractivity contribution in [3.63, 3.8) is 0 Å². The molecule has 2 nitrogen and oxygen atoms in total. The molecule has 0 spiro atoms. The minimum absolute atomic E-state index is 0.257. The normalized spacial score (nSPS) is 48.9. The number of hydrogen-bond acceptors (Lipinski definition) is 2. The van der Waals surface area contributed by atoms with Crippen LogP contribution in [0, 0.1) is 17.8 Å². The molecule has 0 aromatic rings. The van der Waals surface area contributed by atoms with E-state index in [1.165, 1.54) is 25.7 Å². The quantitative estimate of drug-likeness (QED) is 0.678. The SMILES string of the molecule is CC1C(=O)CCN(C2CC3CCC2C3)C1C. The lowest BCUT2D eigenvalue weighted by atomic mass is 9.85. The van der Waals surface area contributed by atoms with Crippen LogP contribution in [-0.2, 0) is 4.79 Å². The molecule has 2 heteroatoms. The van der Waals surface area contributed by atoms with Gasteiger partial charge in [0.05, 0.1) is 0 Å². The molecule has 5 unspecified atom stereocenters. The van der Waals surface area contributed by atoms with Gasteiger partial charge in [-0.15, -0.1) is 0 Å². The lowest BCUT2D eigenvalue weighted by Crippen LogP contribution is -2.53. The molecule has 1 aliphatic heterocycles. The standard InChI is InChI=1S/C14H23NO/c1-9-10(2)15(6-5-14(9)16)13-8-11-3-4-12(13)7-11/h9-13H,3-8H2,1-2H3. The summed E-state index contributed by atoms with van der Waals surface area (Å²) in [5.74, 6) is 2.70. The van der Waals surface area contributed by atoms with Gasteiger partial charge < -0.3 is 0 Å². The number of carbonyl (C=O) groups excluding carboxylic acids is 1. The number of rotatable bonds is 1. The van der Waals surface area contributed by atoms with Crippen LogP contribution >= 0.6 is 0 Å². The van der Waals surface area contributed by atoms with E-state index < -0.39 is 0 Å². The fourth-order valence-corrected chi connectivity index (χ4v) is 4.31. The molecule has 90 valence electrons. The summed E-state index contributed by atoms with van der Waals surface area (Å²) in [4.78, 5) is 14.4. The number of fused-ring (bicyclic) bond motifs is 2. The molecule has 1 heterocycles. The van der Waals surface area contributed by atoms with Crippen LogP contribution < -0.4 is 0 Å². The first kappa shape index (κ1) is 10.8. The van der Waals surface area contributed by atoms with Gasteiger partial charge in [-0.3, -0.25) is 9.69 Å². The van der Waals surface area contributed by atoms with Gasteiger partial charge in [-0.05, 0) is 38.0 Å². The molecule has 1 saturated heterocycles. The summed E-state index contributed by atoms with van der Waals surface area (Å²) in [6.45, 7) is 5.40. The zero-order valence-corrected chi connectivity index (χ0v) is 10.5. The molecule has 3 aliphatic rings. The molecule has 3 rings (SSSR count). The number of piperidine rings is 1. The van der Waals surface area contributed by atoms with Crippen molar-refractivity contribution >= 4 is 5.78 Å². The Kier molecular flexibility index (Phi) is 2.58. The van der Waals surface area contributed by atoms with E-state index in [2.05, 4.69) is 18.7 Å². The molecule has 0 aromatic carbocycles. The molecular formula is C14H23NO. The van der Waals surface area contributed by atoms with Gasteiger partial charge in [0, 0.05) is 31.0 Å². The highest BCUT2D eigenvalue weighted by atomic mass is 16.1. The smallest absolute Gasteiger partial charge is 0.138 e. The van der Waals surface area contributed by atoms with Crippen molar-refractivity contribution in [3.8, 4) is 0 Å². The average molecular weight is 221 g/mol. The maximum atomic E-state index is 11.7. The Hall–Kier alpha value is -0.370. The lowest BCUT2D eigenvalue weighted by molar-refractivity contribution is -0.129. The highest BCUT2D eigenvalue weighted by Gasteiger charge is 2.45. The predicted octanol–water partition coefficient (Wildman–Crippen LogP) is 2.47. The number of hydrogen-bond donors (Lipinski definition) is 0. The number of carbonyl (C=O) groups is 1. The monoisotopic (exact) mass is 221 g/mol. The van der Waals surface area contributed by atoms with Gasteiger partial charge >= 0.3 is 0 Å². The number of Topliss-reactive ketones (excluding diaryl/α,β-unsaturated/α-hetero) is 1. The fraction of sp³-hybridized carbons (Fsp3) is 0.929. The van der Waals surface area contributed by atoms with Gasteiger partial charge in [-0.25, -0.2) is 0 Å². The molecule has 0 radical (unpaired) electrons. The minimum atomic E-state index is 0.257. The first-order valence-electron chi connectivity index (χ1n) is 6.95. The number of nitrogens with zero attached hydrogens (tertiary/aromatic N) is 1. The molecule has 5 atom stereocenters. The van der Waals surface area contributed by atoms with Gasteiger partial charge in [0.15, 0.2) is 0 Å². The third-order valence-corrected chi connectivity index (χ3v) is 5.50. The zero-order chi connectivity index (χ0) is 11.3. The van der Waals surface area contributed by atoms with E-state index >= 15 is 0 Å². The maximum absolute atomic E-state index is 11.7. The van der Waals surface area contributed by atoms with Crippen molar-refractivity contribution in [2.75, 3.05) is 6.54 Å². The van der Waals surface area contributed by atoms with Crippen LogP contribution in [0.5, 0.6) is 0 Å². The van der Waals surface area contributed by atoms with Crippen LogP contribution in [0.25, 0.3) is 0 Å². The van der Waals surface area contributed by atoms with Crippen LogP contribution in [-0.4, -0.2) is 29.3 Å². The van der Waals surface area contributed by atoms with Gasteiger partial charge in [0.25, 0.3) is 0 Å². The second kappa shape index (κ2) is 3.83. The fourth-order valence-electron chi connectivity index (χ4n) is 4.31. The van der Waals surface area contributed by atoms with Crippen LogP contribution in [0.15, 0.2) is 0 Å². The third-order valence-electron chi connectivity index (χ3n) is 5.50. The van der Waals surface area contributed by atoms with Crippen molar-refractivity contribution in [2.45, 2.75) is 58.0 Å². The second-order valence-electron chi connectivity index (χ2n) is 6.23. The van der Waals surface area contributed by atoms with E-state index in [0.29, 0.717) is 11.8 Å². The highest BCUT2D eigenvalue weighted by molar-refractivity contribution is 5.82. The predicted molar refractivity (Wildman–Crippen MR) is 64.2 cm³/mol. The van der Waals surface area contributed by atoms with Crippen molar-refractivity contribution in [1.29, 1.82) is 0 Å². The molecule has 16 heavy (non-hydrogen) atoms. The Bertz CT molecular complexity index is 301. The second-order valence-corrected chi connectivity index (χ2v) is 6.23. The molecule has 0 N–H and O–H groups in total. The average Bonchev–Trinajstić information content (AvgIpc) is 2.88. The van der Waals surface area contributed by atoms with Crippen LogP contribution in [0.2, 0.25) is 0 Å². The Morgan fingerprint density at radius 2 is 2.00 bits per heavy atom. The van der Waals surface area contributed by atoms with E-state index in [9.17, 15) is 4.79 Å². The number of ketones is 1. The Morgan fingerprint density at radius 3 is 2.62 bits per heavy atom. The van der Waals surface area contributed by atoms with Crippen LogP contribution in [0.4, 0.5) is 0 Å². The van der Waals surface area contributed by atoms with Gasteiger partial charge in [0.1, 0.15) is 5.78 Å². The first-order valence-corrected chi connectivity index (χ1v) is 6.95. The highest BCUT2D eigenvalue weighted by Crippen LogP contribution is 2.47. The van der Waals surface area contributed by atoms with Crippen molar-refractivity contribution in [2.24, 2.45) is 17.8 Å². The maximum Gasteiger partial charge on any atom is 0.138 e. The Labute approximate surface area is 98.4 Å². The van der Waals surface area contributed by atoms with Crippen LogP contribution in [0.1, 0.15) is 46.0 Å². The van der Waals surface area contributed by atoms with Crippen LogP contribution in [0.3, 0.4) is 0 Å². The van der Waals surface area contributed by atoms with Gasteiger partial charge in [0.2, 0.25) is 0 Å². The minimum Gasteiger partial charge on any atom is -0.299 e. The molecular weight excluding hydrogens is 198 g/mol. The van der Waals surface area contributed by atoms with Crippen molar-refractivity contribution in [3.05, 3.63) is 0 Å². The molecule has 2 bridgehead atoms.